The first kappa shape index (κ1) is 11.0. The molecule has 0 unspecified atom stereocenters. The number of phenols is 1. The third-order valence-corrected chi connectivity index (χ3v) is 2.27. The molecule has 0 heterocycles. The Bertz CT molecular complexity index is 569. The highest BCUT2D eigenvalue weighted by atomic mass is 16.3. The van der Waals surface area contributed by atoms with Crippen LogP contribution in [0.1, 0.15) is 21.5 Å². The standard InChI is InChI=1S/C15H10O2/c16-11-14-5-3-12(4-6-14)1-2-13-7-9-15(17)10-8-13/h3-11,17H. The monoisotopic (exact) mass is 222 g/mol. The average Bonchev–Trinajstić information content (AvgIpc) is 2.39. The van der Waals surface area contributed by atoms with Crippen molar-refractivity contribution >= 4 is 6.29 Å². The van der Waals surface area contributed by atoms with E-state index < -0.39 is 0 Å². The predicted molar refractivity (Wildman–Crippen MR) is 65.9 cm³/mol. The Hall–Kier alpha value is -2.53. The van der Waals surface area contributed by atoms with Gasteiger partial charge in [-0.1, -0.05) is 24.0 Å². The van der Waals surface area contributed by atoms with E-state index in [0.29, 0.717) is 5.56 Å². The van der Waals surface area contributed by atoms with E-state index in [2.05, 4.69) is 11.8 Å². The van der Waals surface area contributed by atoms with E-state index >= 15 is 0 Å². The highest BCUT2D eigenvalue weighted by molar-refractivity contribution is 5.74. The lowest BCUT2D eigenvalue weighted by molar-refractivity contribution is 0.112. The Morgan fingerprint density at radius 1 is 0.824 bits per heavy atom. The largest absolute Gasteiger partial charge is 0.508 e. The van der Waals surface area contributed by atoms with E-state index in [1.165, 1.54) is 0 Å². The lowest BCUT2D eigenvalue weighted by Crippen LogP contribution is -1.80. The first-order valence-corrected chi connectivity index (χ1v) is 5.14. The molecular weight excluding hydrogens is 212 g/mol. The van der Waals surface area contributed by atoms with Gasteiger partial charge in [0.05, 0.1) is 0 Å². The molecular formula is C15H10O2. The summed E-state index contributed by atoms with van der Waals surface area (Å²) >= 11 is 0. The lowest BCUT2D eigenvalue weighted by atomic mass is 10.1. The molecule has 2 rings (SSSR count). The maximum atomic E-state index is 10.5. The number of phenolic OH excluding ortho intramolecular Hbond substituents is 1. The Kier molecular flexibility index (Phi) is 3.23. The Morgan fingerprint density at radius 2 is 1.29 bits per heavy atom. The molecule has 0 saturated carbocycles. The highest BCUT2D eigenvalue weighted by Crippen LogP contribution is 2.08. The molecule has 0 atom stereocenters. The summed E-state index contributed by atoms with van der Waals surface area (Å²) in [6.07, 6.45) is 0.803. The average molecular weight is 222 g/mol. The maximum Gasteiger partial charge on any atom is 0.150 e. The van der Waals surface area contributed by atoms with E-state index in [0.717, 1.165) is 17.4 Å². The minimum atomic E-state index is 0.228. The van der Waals surface area contributed by atoms with Crippen molar-refractivity contribution in [3.8, 4) is 17.6 Å². The van der Waals surface area contributed by atoms with Crippen molar-refractivity contribution in [3.05, 3.63) is 65.2 Å². The molecule has 0 aliphatic carbocycles. The molecule has 2 nitrogen and oxygen atoms in total. The van der Waals surface area contributed by atoms with Crippen molar-refractivity contribution in [3.63, 3.8) is 0 Å². The zero-order valence-corrected chi connectivity index (χ0v) is 9.05. The Labute approximate surface area is 99.5 Å². The van der Waals surface area contributed by atoms with Crippen molar-refractivity contribution in [1.29, 1.82) is 0 Å². The van der Waals surface area contributed by atoms with Gasteiger partial charge in [0, 0.05) is 16.7 Å². The molecule has 17 heavy (non-hydrogen) atoms. The van der Waals surface area contributed by atoms with E-state index in [1.54, 1.807) is 48.5 Å². The zero-order valence-electron chi connectivity index (χ0n) is 9.05. The molecule has 0 spiro atoms. The van der Waals surface area contributed by atoms with Gasteiger partial charge < -0.3 is 5.11 Å². The van der Waals surface area contributed by atoms with Crippen molar-refractivity contribution in [1.82, 2.24) is 0 Å². The second kappa shape index (κ2) is 5.00. The third-order valence-electron chi connectivity index (χ3n) is 2.27. The van der Waals surface area contributed by atoms with Gasteiger partial charge in [0.2, 0.25) is 0 Å². The van der Waals surface area contributed by atoms with E-state index in [1.807, 2.05) is 0 Å². The summed E-state index contributed by atoms with van der Waals surface area (Å²) in [5, 5.41) is 9.12. The number of rotatable bonds is 1. The Morgan fingerprint density at radius 3 is 1.76 bits per heavy atom. The highest BCUT2D eigenvalue weighted by Gasteiger charge is 1.90. The smallest absolute Gasteiger partial charge is 0.150 e. The minimum absolute atomic E-state index is 0.228. The van der Waals surface area contributed by atoms with Gasteiger partial charge in [-0.3, -0.25) is 4.79 Å². The lowest BCUT2D eigenvalue weighted by Gasteiger charge is -1.92. The summed E-state index contributed by atoms with van der Waals surface area (Å²) in [4.78, 5) is 10.5. The van der Waals surface area contributed by atoms with E-state index in [9.17, 15) is 4.79 Å². The van der Waals surface area contributed by atoms with Gasteiger partial charge in [-0.05, 0) is 36.4 Å². The van der Waals surface area contributed by atoms with Gasteiger partial charge >= 0.3 is 0 Å². The molecule has 0 radical (unpaired) electrons. The summed E-state index contributed by atoms with van der Waals surface area (Å²) in [5.74, 6) is 6.19. The van der Waals surface area contributed by atoms with Crippen molar-refractivity contribution < 1.29 is 9.90 Å². The normalized spacial score (nSPS) is 9.18. The number of aldehydes is 1. The molecule has 0 bridgehead atoms. The number of carbonyl (C=O) groups is 1. The molecule has 0 aliphatic heterocycles. The Balaban J connectivity index is 2.20. The van der Waals surface area contributed by atoms with Gasteiger partial charge in [-0.15, -0.1) is 0 Å². The van der Waals surface area contributed by atoms with Gasteiger partial charge in [-0.2, -0.15) is 0 Å². The SMILES string of the molecule is O=Cc1ccc(C#Cc2ccc(O)cc2)cc1. The van der Waals surface area contributed by atoms with Gasteiger partial charge in [0.25, 0.3) is 0 Å². The van der Waals surface area contributed by atoms with Crippen molar-refractivity contribution in [2.45, 2.75) is 0 Å². The fourth-order valence-corrected chi connectivity index (χ4v) is 1.33. The second-order valence-corrected chi connectivity index (χ2v) is 3.54. The fourth-order valence-electron chi connectivity index (χ4n) is 1.33. The fraction of sp³-hybridized carbons (Fsp3) is 0. The summed E-state index contributed by atoms with van der Waals surface area (Å²) < 4.78 is 0. The maximum absolute atomic E-state index is 10.5. The summed E-state index contributed by atoms with van der Waals surface area (Å²) in [6, 6.07) is 13.8. The van der Waals surface area contributed by atoms with E-state index in [-0.39, 0.29) is 5.75 Å². The van der Waals surface area contributed by atoms with Crippen LogP contribution in [-0.2, 0) is 0 Å². The molecule has 2 aromatic carbocycles. The molecule has 0 aromatic heterocycles. The predicted octanol–water partition coefficient (Wildman–Crippen LogP) is 2.60. The summed E-state index contributed by atoms with van der Waals surface area (Å²) in [6.45, 7) is 0. The van der Waals surface area contributed by atoms with E-state index in [4.69, 9.17) is 5.11 Å². The third kappa shape index (κ3) is 2.96. The van der Waals surface area contributed by atoms with Crippen LogP contribution in [-0.4, -0.2) is 11.4 Å². The van der Waals surface area contributed by atoms with Crippen LogP contribution in [0.2, 0.25) is 0 Å². The van der Waals surface area contributed by atoms with Gasteiger partial charge in [-0.25, -0.2) is 0 Å². The summed E-state index contributed by atoms with van der Waals surface area (Å²) in [7, 11) is 0. The quantitative estimate of drug-likeness (QED) is 0.595. The number of hydrogen-bond acceptors (Lipinski definition) is 2. The van der Waals surface area contributed by atoms with Crippen LogP contribution in [0, 0.1) is 11.8 Å². The molecule has 0 amide bonds. The van der Waals surface area contributed by atoms with Crippen LogP contribution in [0.4, 0.5) is 0 Å². The molecule has 0 aliphatic rings. The molecule has 82 valence electrons. The second-order valence-electron chi connectivity index (χ2n) is 3.54. The van der Waals surface area contributed by atoms with Crippen LogP contribution < -0.4 is 0 Å². The van der Waals surface area contributed by atoms with Crippen LogP contribution in [0.15, 0.2) is 48.5 Å². The first-order chi connectivity index (χ1) is 8.28. The van der Waals surface area contributed by atoms with Crippen LogP contribution in [0.3, 0.4) is 0 Å². The zero-order chi connectivity index (χ0) is 12.1. The molecule has 0 fully saturated rings. The van der Waals surface area contributed by atoms with Crippen molar-refractivity contribution in [2.75, 3.05) is 0 Å². The number of benzene rings is 2. The summed E-state index contributed by atoms with van der Waals surface area (Å²) in [5.41, 5.74) is 2.33. The molecule has 2 heteroatoms. The number of hydrogen-bond donors (Lipinski definition) is 1. The van der Waals surface area contributed by atoms with Crippen LogP contribution >= 0.6 is 0 Å². The molecule has 2 aromatic rings. The van der Waals surface area contributed by atoms with Crippen molar-refractivity contribution in [2.24, 2.45) is 0 Å². The number of aromatic hydroxyl groups is 1. The molecule has 1 N–H and O–H groups in total. The minimum Gasteiger partial charge on any atom is -0.508 e. The molecule has 0 saturated heterocycles. The van der Waals surface area contributed by atoms with Gasteiger partial charge in [0.1, 0.15) is 12.0 Å². The topological polar surface area (TPSA) is 37.3 Å². The van der Waals surface area contributed by atoms with Crippen LogP contribution in [0.25, 0.3) is 0 Å². The van der Waals surface area contributed by atoms with Gasteiger partial charge in [0.15, 0.2) is 0 Å². The van der Waals surface area contributed by atoms with Crippen LogP contribution in [0.5, 0.6) is 5.75 Å². The first-order valence-electron chi connectivity index (χ1n) is 5.14. The number of carbonyl (C=O) groups excluding carboxylic acids is 1.